The molecule has 0 spiro atoms. The minimum Gasteiger partial charge on any atom is -0.451 e. The molecule has 0 N–H and O–H groups in total. The highest BCUT2D eigenvalue weighted by atomic mass is 79.9. The van der Waals surface area contributed by atoms with Crippen LogP contribution in [0.3, 0.4) is 0 Å². The molecule has 1 aromatic heterocycles. The standard InChI is InChI=1S/C12H6BrFN2O/c13-9-1-2-10(14)11(5-9)17-12-7-16-4-3-8(12)6-15/h1-5,7H. The van der Waals surface area contributed by atoms with E-state index in [4.69, 9.17) is 10.00 Å². The molecule has 3 nitrogen and oxygen atoms in total. The topological polar surface area (TPSA) is 45.9 Å². The van der Waals surface area contributed by atoms with E-state index in [-0.39, 0.29) is 11.5 Å². The second-order valence-electron chi connectivity index (χ2n) is 3.16. The van der Waals surface area contributed by atoms with Gasteiger partial charge in [0.1, 0.15) is 6.07 Å². The lowest BCUT2D eigenvalue weighted by Gasteiger charge is -2.07. The Morgan fingerprint density at radius 1 is 1.29 bits per heavy atom. The summed E-state index contributed by atoms with van der Waals surface area (Å²) in [5, 5.41) is 8.86. The molecule has 5 heteroatoms. The van der Waals surface area contributed by atoms with E-state index in [2.05, 4.69) is 20.9 Å². The van der Waals surface area contributed by atoms with E-state index in [1.807, 2.05) is 6.07 Å². The SMILES string of the molecule is N#Cc1ccncc1Oc1cc(Br)ccc1F. The molecule has 1 heterocycles. The molecule has 0 saturated carbocycles. The van der Waals surface area contributed by atoms with Crippen molar-refractivity contribution in [3.8, 4) is 17.6 Å². The van der Waals surface area contributed by atoms with E-state index >= 15 is 0 Å². The highest BCUT2D eigenvalue weighted by molar-refractivity contribution is 9.10. The number of benzene rings is 1. The maximum atomic E-state index is 13.4. The summed E-state index contributed by atoms with van der Waals surface area (Å²) < 4.78 is 19.5. The predicted molar refractivity (Wildman–Crippen MR) is 63.1 cm³/mol. The summed E-state index contributed by atoms with van der Waals surface area (Å²) in [6.07, 6.45) is 2.85. The largest absolute Gasteiger partial charge is 0.451 e. The van der Waals surface area contributed by atoms with Gasteiger partial charge in [0.25, 0.3) is 0 Å². The molecule has 0 aliphatic heterocycles. The van der Waals surface area contributed by atoms with E-state index in [0.717, 1.165) is 0 Å². The molecule has 0 fully saturated rings. The molecule has 0 aliphatic rings. The molecular formula is C12H6BrFN2O. The van der Waals surface area contributed by atoms with E-state index in [9.17, 15) is 4.39 Å². The van der Waals surface area contributed by atoms with Gasteiger partial charge in [0, 0.05) is 10.7 Å². The van der Waals surface area contributed by atoms with E-state index < -0.39 is 5.82 Å². The first kappa shape index (κ1) is 11.6. The zero-order valence-electron chi connectivity index (χ0n) is 8.52. The Balaban J connectivity index is 2.38. The van der Waals surface area contributed by atoms with Gasteiger partial charge in [-0.05, 0) is 24.3 Å². The van der Waals surface area contributed by atoms with Crippen molar-refractivity contribution >= 4 is 15.9 Å². The van der Waals surface area contributed by atoms with Crippen molar-refractivity contribution in [2.75, 3.05) is 0 Å². The maximum absolute atomic E-state index is 13.4. The Labute approximate surface area is 106 Å². The van der Waals surface area contributed by atoms with Gasteiger partial charge in [-0.2, -0.15) is 5.26 Å². The van der Waals surface area contributed by atoms with Crippen LogP contribution >= 0.6 is 15.9 Å². The Hall–Kier alpha value is -1.93. The van der Waals surface area contributed by atoms with Gasteiger partial charge in [-0.3, -0.25) is 4.98 Å². The van der Waals surface area contributed by atoms with Gasteiger partial charge in [-0.1, -0.05) is 15.9 Å². The number of hydrogen-bond donors (Lipinski definition) is 0. The maximum Gasteiger partial charge on any atom is 0.165 e. The molecule has 0 saturated heterocycles. The summed E-state index contributed by atoms with van der Waals surface area (Å²) in [5.41, 5.74) is 0.305. The minimum absolute atomic E-state index is 0.0453. The zero-order valence-corrected chi connectivity index (χ0v) is 10.1. The lowest BCUT2D eigenvalue weighted by molar-refractivity contribution is 0.439. The van der Waals surface area contributed by atoms with Crippen molar-refractivity contribution in [2.24, 2.45) is 0 Å². The summed E-state index contributed by atoms with van der Waals surface area (Å²) in [6, 6.07) is 7.79. The first-order valence-electron chi connectivity index (χ1n) is 4.67. The number of nitriles is 1. The molecule has 84 valence electrons. The van der Waals surface area contributed by atoms with Gasteiger partial charge in [0.2, 0.25) is 0 Å². The van der Waals surface area contributed by atoms with Gasteiger partial charge < -0.3 is 4.74 Å². The molecule has 0 bridgehead atoms. The van der Waals surface area contributed by atoms with Crippen LogP contribution in [-0.2, 0) is 0 Å². The smallest absolute Gasteiger partial charge is 0.165 e. The van der Waals surface area contributed by atoms with Crippen molar-refractivity contribution in [2.45, 2.75) is 0 Å². The molecule has 2 aromatic rings. The number of pyridine rings is 1. The van der Waals surface area contributed by atoms with E-state index in [1.165, 1.54) is 30.6 Å². The van der Waals surface area contributed by atoms with Crippen LogP contribution in [-0.4, -0.2) is 4.98 Å². The van der Waals surface area contributed by atoms with Crippen LogP contribution in [0.25, 0.3) is 0 Å². The van der Waals surface area contributed by atoms with Crippen LogP contribution in [0.2, 0.25) is 0 Å². The molecule has 0 unspecified atom stereocenters. The average molecular weight is 293 g/mol. The zero-order chi connectivity index (χ0) is 12.3. The van der Waals surface area contributed by atoms with Crippen LogP contribution in [0.5, 0.6) is 11.5 Å². The third-order valence-electron chi connectivity index (χ3n) is 2.02. The molecule has 0 atom stereocenters. The first-order chi connectivity index (χ1) is 8.20. The third kappa shape index (κ3) is 2.60. The number of nitrogens with zero attached hydrogens (tertiary/aromatic N) is 2. The Kier molecular flexibility index (Phi) is 3.35. The number of hydrogen-bond acceptors (Lipinski definition) is 3. The molecule has 1 aromatic carbocycles. The van der Waals surface area contributed by atoms with Crippen LogP contribution in [0, 0.1) is 17.1 Å². The normalized spacial score (nSPS) is 9.71. The van der Waals surface area contributed by atoms with Crippen LogP contribution in [0.4, 0.5) is 4.39 Å². The van der Waals surface area contributed by atoms with Crippen molar-refractivity contribution in [3.63, 3.8) is 0 Å². The number of ether oxygens (including phenoxy) is 1. The Morgan fingerprint density at radius 2 is 2.12 bits per heavy atom. The lowest BCUT2D eigenvalue weighted by atomic mass is 10.2. The van der Waals surface area contributed by atoms with Crippen molar-refractivity contribution < 1.29 is 9.13 Å². The summed E-state index contributed by atoms with van der Waals surface area (Å²) in [5.74, 6) is -0.225. The van der Waals surface area contributed by atoms with Crippen molar-refractivity contribution in [3.05, 3.63) is 52.5 Å². The monoisotopic (exact) mass is 292 g/mol. The Morgan fingerprint density at radius 3 is 2.88 bits per heavy atom. The van der Waals surface area contributed by atoms with Crippen molar-refractivity contribution in [1.82, 2.24) is 4.98 Å². The number of halogens is 2. The quantitative estimate of drug-likeness (QED) is 0.849. The van der Waals surface area contributed by atoms with Crippen LogP contribution in [0.15, 0.2) is 41.1 Å². The van der Waals surface area contributed by atoms with Gasteiger partial charge in [-0.15, -0.1) is 0 Å². The molecule has 0 amide bonds. The van der Waals surface area contributed by atoms with E-state index in [1.54, 1.807) is 6.07 Å². The first-order valence-corrected chi connectivity index (χ1v) is 5.47. The van der Waals surface area contributed by atoms with Gasteiger partial charge in [-0.25, -0.2) is 4.39 Å². The summed E-state index contributed by atoms with van der Waals surface area (Å²) >= 11 is 3.22. The van der Waals surface area contributed by atoms with Crippen LogP contribution in [0.1, 0.15) is 5.56 Å². The number of rotatable bonds is 2. The van der Waals surface area contributed by atoms with Crippen molar-refractivity contribution in [1.29, 1.82) is 5.26 Å². The second kappa shape index (κ2) is 4.93. The molecule has 0 radical (unpaired) electrons. The Bertz CT molecular complexity index is 595. The third-order valence-corrected chi connectivity index (χ3v) is 2.51. The fraction of sp³-hybridized carbons (Fsp3) is 0. The van der Waals surface area contributed by atoms with Gasteiger partial charge in [0.15, 0.2) is 17.3 Å². The molecule has 2 rings (SSSR count). The lowest BCUT2D eigenvalue weighted by Crippen LogP contribution is -1.91. The second-order valence-corrected chi connectivity index (χ2v) is 4.08. The predicted octanol–water partition coefficient (Wildman–Crippen LogP) is 3.65. The highest BCUT2D eigenvalue weighted by Crippen LogP contribution is 2.28. The molecular weight excluding hydrogens is 287 g/mol. The molecule has 17 heavy (non-hydrogen) atoms. The minimum atomic E-state index is -0.499. The highest BCUT2D eigenvalue weighted by Gasteiger charge is 2.08. The average Bonchev–Trinajstić information content (AvgIpc) is 2.34. The fourth-order valence-corrected chi connectivity index (χ4v) is 1.57. The fourth-order valence-electron chi connectivity index (χ4n) is 1.23. The van der Waals surface area contributed by atoms with Crippen LogP contribution < -0.4 is 4.74 Å². The van der Waals surface area contributed by atoms with Gasteiger partial charge >= 0.3 is 0 Å². The number of aromatic nitrogens is 1. The van der Waals surface area contributed by atoms with E-state index in [0.29, 0.717) is 10.0 Å². The molecule has 0 aliphatic carbocycles. The summed E-state index contributed by atoms with van der Waals surface area (Å²) in [7, 11) is 0. The summed E-state index contributed by atoms with van der Waals surface area (Å²) in [4.78, 5) is 3.83. The summed E-state index contributed by atoms with van der Waals surface area (Å²) in [6.45, 7) is 0. The van der Waals surface area contributed by atoms with Gasteiger partial charge in [0.05, 0.1) is 11.8 Å².